The number of carbonyl (C=O) groups is 2. The van der Waals surface area contributed by atoms with Crippen molar-refractivity contribution in [3.63, 3.8) is 0 Å². The van der Waals surface area contributed by atoms with Gasteiger partial charge in [-0.15, -0.1) is 0 Å². The number of rotatable bonds is 5. The van der Waals surface area contributed by atoms with E-state index in [4.69, 9.17) is 4.74 Å². The second-order valence-corrected chi connectivity index (χ2v) is 6.81. The van der Waals surface area contributed by atoms with E-state index in [2.05, 4.69) is 5.10 Å². The van der Waals surface area contributed by atoms with Crippen molar-refractivity contribution >= 4 is 22.5 Å². The first-order valence-corrected chi connectivity index (χ1v) is 8.89. The van der Waals surface area contributed by atoms with Crippen molar-refractivity contribution in [2.75, 3.05) is 6.61 Å². The Bertz CT molecular complexity index is 1210. The molecule has 0 bridgehead atoms. The maximum atomic E-state index is 12.7. The second kappa shape index (κ2) is 7.77. The van der Waals surface area contributed by atoms with Crippen molar-refractivity contribution < 1.29 is 27.5 Å². The van der Waals surface area contributed by atoms with Crippen molar-refractivity contribution in [3.05, 3.63) is 63.3 Å². The number of alkyl halides is 3. The number of aromatic nitrogens is 3. The fourth-order valence-electron chi connectivity index (χ4n) is 3.23. The number of esters is 1. The van der Waals surface area contributed by atoms with Crippen molar-refractivity contribution in [3.8, 4) is 0 Å². The number of hydrogen-bond acceptors (Lipinski definition) is 5. The first kappa shape index (κ1) is 21.3. The number of hydrogen-bond donors (Lipinski definition) is 0. The molecule has 0 fully saturated rings. The van der Waals surface area contributed by atoms with Crippen molar-refractivity contribution in [2.45, 2.75) is 26.6 Å². The molecule has 3 aromatic rings. The fraction of sp³-hybridized carbons (Fsp3) is 0.300. The van der Waals surface area contributed by atoms with Gasteiger partial charge in [-0.25, -0.2) is 9.48 Å². The molecule has 0 saturated carbocycles. The minimum atomic E-state index is -4.43. The van der Waals surface area contributed by atoms with Crippen LogP contribution in [0, 0.1) is 13.8 Å². The minimum Gasteiger partial charge on any atom is -0.452 e. The van der Waals surface area contributed by atoms with Gasteiger partial charge in [0.25, 0.3) is 5.56 Å². The highest BCUT2D eigenvalue weighted by atomic mass is 19.4. The van der Waals surface area contributed by atoms with E-state index in [1.165, 1.54) is 39.1 Å². The molecule has 0 atom stereocenters. The normalized spacial score (nSPS) is 11.7. The number of halogens is 3. The average Bonchev–Trinajstić information content (AvgIpc) is 2.95. The summed E-state index contributed by atoms with van der Waals surface area (Å²) < 4.78 is 45.2. The number of Topliss-reactive ketones (excluding diaryl/α,β-unsaturated/α-hetero) is 1. The van der Waals surface area contributed by atoms with Gasteiger partial charge in [-0.05, 0) is 26.0 Å². The highest BCUT2D eigenvalue weighted by Gasteiger charge is 2.30. The van der Waals surface area contributed by atoms with Gasteiger partial charge < -0.3 is 9.30 Å². The summed E-state index contributed by atoms with van der Waals surface area (Å²) in [6.07, 6.45) is -4.43. The molecule has 2 aromatic heterocycles. The van der Waals surface area contributed by atoms with Crippen LogP contribution in [0.4, 0.5) is 13.2 Å². The summed E-state index contributed by atoms with van der Waals surface area (Å²) in [6, 6.07) is 7.67. The molecule has 30 heavy (non-hydrogen) atoms. The topological polar surface area (TPSA) is 83.2 Å². The Balaban J connectivity index is 1.82. The molecule has 2 heterocycles. The molecule has 0 amide bonds. The van der Waals surface area contributed by atoms with Gasteiger partial charge in [0.05, 0.1) is 5.39 Å². The van der Waals surface area contributed by atoms with Crippen LogP contribution in [0.3, 0.4) is 0 Å². The minimum absolute atomic E-state index is 0.0443. The molecule has 10 heteroatoms. The smallest absolute Gasteiger partial charge is 0.406 e. The van der Waals surface area contributed by atoms with Crippen LogP contribution in [0.2, 0.25) is 0 Å². The van der Waals surface area contributed by atoms with Crippen LogP contribution in [0.5, 0.6) is 0 Å². The zero-order valence-corrected chi connectivity index (χ0v) is 16.4. The van der Waals surface area contributed by atoms with Gasteiger partial charge in [-0.2, -0.15) is 18.3 Å². The Morgan fingerprint density at radius 1 is 1.13 bits per heavy atom. The molecule has 0 radical (unpaired) electrons. The van der Waals surface area contributed by atoms with E-state index < -0.39 is 36.6 Å². The van der Waals surface area contributed by atoms with E-state index in [9.17, 15) is 27.6 Å². The van der Waals surface area contributed by atoms with Gasteiger partial charge >= 0.3 is 12.1 Å². The SMILES string of the molecule is Cc1cc(C(=O)COC(=O)c2nn(C)c(=O)c3ccccc23)c(C)n1CC(F)(F)F. The maximum Gasteiger partial charge on any atom is 0.406 e. The Hall–Kier alpha value is -3.43. The number of ether oxygens (including phenoxy) is 1. The third kappa shape index (κ3) is 4.12. The molecule has 7 nitrogen and oxygen atoms in total. The number of aryl methyl sites for hydroxylation is 2. The molecule has 0 N–H and O–H groups in total. The summed E-state index contributed by atoms with van der Waals surface area (Å²) in [5.74, 6) is -1.56. The number of carbonyl (C=O) groups excluding carboxylic acids is 2. The molecule has 3 rings (SSSR count). The van der Waals surface area contributed by atoms with E-state index in [0.29, 0.717) is 0 Å². The van der Waals surface area contributed by atoms with Gasteiger partial charge in [0.1, 0.15) is 6.54 Å². The lowest BCUT2D eigenvalue weighted by Gasteiger charge is -2.12. The van der Waals surface area contributed by atoms with Gasteiger partial charge in [-0.1, -0.05) is 18.2 Å². The standard InChI is InChI=1S/C20H18F3N3O4/c1-11-8-15(12(2)26(11)10-20(21,22)23)16(27)9-30-19(29)17-13-6-4-5-7-14(13)18(28)25(3)24-17/h4-8H,9-10H2,1-3H3. The lowest BCUT2D eigenvalue weighted by molar-refractivity contribution is -0.141. The Kier molecular flexibility index (Phi) is 5.51. The molecule has 0 aliphatic heterocycles. The van der Waals surface area contributed by atoms with Crippen LogP contribution in [0.1, 0.15) is 32.2 Å². The molecule has 0 saturated heterocycles. The molecule has 0 aliphatic rings. The number of benzene rings is 1. The van der Waals surface area contributed by atoms with Crippen LogP contribution < -0.4 is 5.56 Å². The first-order valence-electron chi connectivity index (χ1n) is 8.89. The van der Waals surface area contributed by atoms with Crippen molar-refractivity contribution in [1.29, 1.82) is 0 Å². The van der Waals surface area contributed by atoms with E-state index >= 15 is 0 Å². The Labute approximate surface area is 168 Å². The fourth-order valence-corrected chi connectivity index (χ4v) is 3.23. The summed E-state index contributed by atoms with van der Waals surface area (Å²) in [4.78, 5) is 37.1. The van der Waals surface area contributed by atoms with E-state index in [1.807, 2.05) is 0 Å². The van der Waals surface area contributed by atoms with Gasteiger partial charge in [0, 0.05) is 29.4 Å². The molecular formula is C20H18F3N3O4. The van der Waals surface area contributed by atoms with Gasteiger partial charge in [0.2, 0.25) is 5.78 Å². The molecule has 1 aromatic carbocycles. The number of ketones is 1. The van der Waals surface area contributed by atoms with Gasteiger partial charge in [0.15, 0.2) is 12.3 Å². The third-order valence-electron chi connectivity index (χ3n) is 4.70. The summed E-state index contributed by atoms with van der Waals surface area (Å²) in [6.45, 7) is 0.970. The summed E-state index contributed by atoms with van der Waals surface area (Å²) >= 11 is 0. The lowest BCUT2D eigenvalue weighted by Crippen LogP contribution is -2.24. The van der Waals surface area contributed by atoms with Crippen LogP contribution in [-0.4, -0.2) is 38.9 Å². The molecular weight excluding hydrogens is 403 g/mol. The third-order valence-corrected chi connectivity index (χ3v) is 4.70. The summed E-state index contributed by atoms with van der Waals surface area (Å²) in [5, 5.41) is 4.46. The zero-order valence-electron chi connectivity index (χ0n) is 16.4. The summed E-state index contributed by atoms with van der Waals surface area (Å²) in [7, 11) is 1.38. The van der Waals surface area contributed by atoms with E-state index in [1.54, 1.807) is 12.1 Å². The Morgan fingerprint density at radius 2 is 1.77 bits per heavy atom. The number of nitrogens with zero attached hydrogens (tertiary/aromatic N) is 3. The van der Waals surface area contributed by atoms with Crippen LogP contribution in [0.15, 0.2) is 35.1 Å². The predicted molar refractivity (Wildman–Crippen MR) is 102 cm³/mol. The summed E-state index contributed by atoms with van der Waals surface area (Å²) in [5.41, 5.74) is -0.0806. The van der Waals surface area contributed by atoms with Crippen molar-refractivity contribution in [1.82, 2.24) is 14.3 Å². The molecule has 158 valence electrons. The van der Waals surface area contributed by atoms with Crippen LogP contribution in [0.25, 0.3) is 10.8 Å². The highest BCUT2D eigenvalue weighted by Crippen LogP contribution is 2.23. The van der Waals surface area contributed by atoms with E-state index in [0.717, 1.165) is 9.25 Å². The van der Waals surface area contributed by atoms with Crippen LogP contribution >= 0.6 is 0 Å². The maximum absolute atomic E-state index is 12.7. The molecule has 0 aliphatic carbocycles. The highest BCUT2D eigenvalue weighted by molar-refractivity contribution is 6.04. The predicted octanol–water partition coefficient (Wildman–Crippen LogP) is 2.95. The monoisotopic (exact) mass is 421 g/mol. The largest absolute Gasteiger partial charge is 0.452 e. The average molecular weight is 421 g/mol. The van der Waals surface area contributed by atoms with E-state index in [-0.39, 0.29) is 33.4 Å². The van der Waals surface area contributed by atoms with Gasteiger partial charge in [-0.3, -0.25) is 9.59 Å². The molecule has 0 spiro atoms. The lowest BCUT2D eigenvalue weighted by atomic mass is 10.1. The first-order chi connectivity index (χ1) is 14.0. The molecule has 0 unspecified atom stereocenters. The van der Waals surface area contributed by atoms with Crippen molar-refractivity contribution in [2.24, 2.45) is 7.05 Å². The zero-order chi connectivity index (χ0) is 22.2. The Morgan fingerprint density at radius 3 is 2.40 bits per heavy atom. The quantitative estimate of drug-likeness (QED) is 0.467. The number of fused-ring (bicyclic) bond motifs is 1. The second-order valence-electron chi connectivity index (χ2n) is 6.81. The van der Waals surface area contributed by atoms with Crippen LogP contribution in [-0.2, 0) is 18.3 Å².